The highest BCUT2D eigenvalue weighted by atomic mass is 32.1. The summed E-state index contributed by atoms with van der Waals surface area (Å²) in [7, 11) is 3.73. The van der Waals surface area contributed by atoms with E-state index in [1.807, 2.05) is 26.0 Å². The lowest BCUT2D eigenvalue weighted by molar-refractivity contribution is 0.407. The molecular weight excluding hydrogens is 270 g/mol. The molecular formula is C15H21N3OS. The SMILES string of the molecule is COc1cccc(N(C)Cc2csc(C)n2)c1[C@H](C)N. The van der Waals surface area contributed by atoms with E-state index in [0.717, 1.165) is 34.2 Å². The van der Waals surface area contributed by atoms with E-state index in [1.54, 1.807) is 18.4 Å². The lowest BCUT2D eigenvalue weighted by atomic mass is 10.0. The maximum absolute atomic E-state index is 6.11. The molecule has 2 aromatic rings. The summed E-state index contributed by atoms with van der Waals surface area (Å²) in [5, 5.41) is 3.18. The number of aryl methyl sites for hydroxylation is 1. The number of hydrogen-bond acceptors (Lipinski definition) is 5. The van der Waals surface area contributed by atoms with Crippen molar-refractivity contribution in [2.24, 2.45) is 5.73 Å². The third kappa shape index (κ3) is 3.11. The second kappa shape index (κ2) is 6.24. The topological polar surface area (TPSA) is 51.4 Å². The van der Waals surface area contributed by atoms with Crippen molar-refractivity contribution in [2.45, 2.75) is 26.4 Å². The molecule has 0 saturated carbocycles. The van der Waals surface area contributed by atoms with E-state index >= 15 is 0 Å². The molecule has 1 aromatic carbocycles. The monoisotopic (exact) mass is 291 g/mol. The molecule has 0 aliphatic heterocycles. The fraction of sp³-hybridized carbons (Fsp3) is 0.400. The molecule has 1 aromatic heterocycles. The minimum atomic E-state index is -0.0826. The smallest absolute Gasteiger partial charge is 0.125 e. The van der Waals surface area contributed by atoms with Gasteiger partial charge in [-0.1, -0.05) is 6.07 Å². The minimum Gasteiger partial charge on any atom is -0.496 e. The number of anilines is 1. The fourth-order valence-electron chi connectivity index (χ4n) is 2.31. The van der Waals surface area contributed by atoms with Crippen LogP contribution in [0, 0.1) is 6.92 Å². The molecule has 0 radical (unpaired) electrons. The van der Waals surface area contributed by atoms with Crippen molar-refractivity contribution in [1.29, 1.82) is 0 Å². The van der Waals surface area contributed by atoms with Gasteiger partial charge in [0.05, 0.1) is 24.4 Å². The van der Waals surface area contributed by atoms with E-state index in [2.05, 4.69) is 28.4 Å². The number of aromatic nitrogens is 1. The minimum absolute atomic E-state index is 0.0826. The second-order valence-electron chi connectivity index (χ2n) is 4.90. The van der Waals surface area contributed by atoms with Crippen LogP contribution in [0.25, 0.3) is 0 Å². The lowest BCUT2D eigenvalue weighted by Crippen LogP contribution is -2.21. The van der Waals surface area contributed by atoms with E-state index in [-0.39, 0.29) is 6.04 Å². The Morgan fingerprint density at radius 1 is 1.45 bits per heavy atom. The van der Waals surface area contributed by atoms with Gasteiger partial charge < -0.3 is 15.4 Å². The Kier molecular flexibility index (Phi) is 4.62. The lowest BCUT2D eigenvalue weighted by Gasteiger charge is -2.25. The molecule has 1 atom stereocenters. The zero-order valence-electron chi connectivity index (χ0n) is 12.4. The van der Waals surface area contributed by atoms with Gasteiger partial charge in [0.25, 0.3) is 0 Å². The van der Waals surface area contributed by atoms with Crippen molar-refractivity contribution in [3.05, 3.63) is 39.8 Å². The maximum Gasteiger partial charge on any atom is 0.125 e. The normalized spacial score (nSPS) is 12.2. The van der Waals surface area contributed by atoms with Crippen LogP contribution in [0.15, 0.2) is 23.6 Å². The molecule has 20 heavy (non-hydrogen) atoms. The van der Waals surface area contributed by atoms with Gasteiger partial charge in [-0.05, 0) is 26.0 Å². The fourth-order valence-corrected chi connectivity index (χ4v) is 2.91. The highest BCUT2D eigenvalue weighted by molar-refractivity contribution is 7.09. The molecule has 0 saturated heterocycles. The van der Waals surface area contributed by atoms with Crippen LogP contribution in [-0.4, -0.2) is 19.1 Å². The number of nitrogens with two attached hydrogens (primary N) is 1. The van der Waals surface area contributed by atoms with Gasteiger partial charge in [0.1, 0.15) is 5.75 Å². The van der Waals surface area contributed by atoms with Crippen molar-refractivity contribution in [3.8, 4) is 5.75 Å². The first kappa shape index (κ1) is 14.8. The van der Waals surface area contributed by atoms with Gasteiger partial charge in [0, 0.05) is 29.7 Å². The molecule has 1 heterocycles. The van der Waals surface area contributed by atoms with Gasteiger partial charge >= 0.3 is 0 Å². The van der Waals surface area contributed by atoms with Crippen LogP contribution < -0.4 is 15.4 Å². The van der Waals surface area contributed by atoms with Crippen LogP contribution in [0.4, 0.5) is 5.69 Å². The van der Waals surface area contributed by atoms with Crippen molar-refractivity contribution < 1.29 is 4.74 Å². The second-order valence-corrected chi connectivity index (χ2v) is 5.96. The molecule has 0 unspecified atom stereocenters. The zero-order chi connectivity index (χ0) is 14.7. The molecule has 0 fully saturated rings. The van der Waals surface area contributed by atoms with Crippen molar-refractivity contribution in [3.63, 3.8) is 0 Å². The number of methoxy groups -OCH3 is 1. The number of ether oxygens (including phenoxy) is 1. The average Bonchev–Trinajstić information content (AvgIpc) is 2.82. The summed E-state index contributed by atoms with van der Waals surface area (Å²) in [6.45, 7) is 4.76. The summed E-state index contributed by atoms with van der Waals surface area (Å²) >= 11 is 1.67. The van der Waals surface area contributed by atoms with Crippen LogP contribution in [-0.2, 0) is 6.54 Å². The molecule has 5 heteroatoms. The number of nitrogens with zero attached hydrogens (tertiary/aromatic N) is 2. The van der Waals surface area contributed by atoms with Crippen LogP contribution >= 0.6 is 11.3 Å². The van der Waals surface area contributed by atoms with Gasteiger partial charge in [-0.2, -0.15) is 0 Å². The molecule has 0 spiro atoms. The molecule has 2 rings (SSSR count). The van der Waals surface area contributed by atoms with Gasteiger partial charge in [-0.3, -0.25) is 0 Å². The molecule has 0 amide bonds. The number of benzene rings is 1. The predicted molar refractivity (Wildman–Crippen MR) is 84.6 cm³/mol. The Balaban J connectivity index is 2.31. The maximum atomic E-state index is 6.11. The summed E-state index contributed by atoms with van der Waals surface area (Å²) < 4.78 is 5.43. The Bertz CT molecular complexity index is 580. The molecule has 4 nitrogen and oxygen atoms in total. The molecule has 0 aliphatic carbocycles. The number of rotatable bonds is 5. The molecule has 0 bridgehead atoms. The van der Waals surface area contributed by atoms with Gasteiger partial charge in [-0.15, -0.1) is 11.3 Å². The van der Waals surface area contributed by atoms with Crippen molar-refractivity contribution in [1.82, 2.24) is 4.98 Å². The van der Waals surface area contributed by atoms with E-state index in [9.17, 15) is 0 Å². The van der Waals surface area contributed by atoms with Crippen LogP contribution in [0.2, 0.25) is 0 Å². The van der Waals surface area contributed by atoms with Gasteiger partial charge in [0.2, 0.25) is 0 Å². The third-order valence-electron chi connectivity index (χ3n) is 3.20. The van der Waals surface area contributed by atoms with E-state index < -0.39 is 0 Å². The van der Waals surface area contributed by atoms with Crippen LogP contribution in [0.1, 0.15) is 29.2 Å². The molecule has 0 aliphatic rings. The first-order chi connectivity index (χ1) is 9.52. The van der Waals surface area contributed by atoms with E-state index in [0.29, 0.717) is 0 Å². The quantitative estimate of drug-likeness (QED) is 0.919. The Morgan fingerprint density at radius 2 is 2.20 bits per heavy atom. The largest absolute Gasteiger partial charge is 0.496 e. The third-order valence-corrected chi connectivity index (χ3v) is 4.02. The zero-order valence-corrected chi connectivity index (χ0v) is 13.2. The van der Waals surface area contributed by atoms with Crippen LogP contribution in [0.3, 0.4) is 0 Å². The average molecular weight is 291 g/mol. The summed E-state index contributed by atoms with van der Waals surface area (Å²) in [6.07, 6.45) is 0. The standard InChI is InChI=1S/C15H21N3OS/c1-10(16)15-13(6-5-7-14(15)19-4)18(3)8-12-9-20-11(2)17-12/h5-7,9-10H,8,16H2,1-4H3/t10-/m0/s1. The number of hydrogen-bond donors (Lipinski definition) is 1. The summed E-state index contributed by atoms with van der Waals surface area (Å²) in [4.78, 5) is 6.67. The number of thiazole rings is 1. The molecule has 2 N–H and O–H groups in total. The first-order valence-electron chi connectivity index (χ1n) is 6.57. The Morgan fingerprint density at radius 3 is 2.75 bits per heavy atom. The Labute approximate surface area is 124 Å². The highest BCUT2D eigenvalue weighted by Crippen LogP contribution is 2.33. The summed E-state index contributed by atoms with van der Waals surface area (Å²) in [5.41, 5.74) is 9.30. The van der Waals surface area contributed by atoms with E-state index in [1.165, 1.54) is 0 Å². The summed E-state index contributed by atoms with van der Waals surface area (Å²) in [5.74, 6) is 0.832. The predicted octanol–water partition coefficient (Wildman–Crippen LogP) is 3.12. The van der Waals surface area contributed by atoms with Crippen molar-refractivity contribution >= 4 is 17.0 Å². The summed E-state index contributed by atoms with van der Waals surface area (Å²) in [6, 6.07) is 5.92. The van der Waals surface area contributed by atoms with Crippen LogP contribution in [0.5, 0.6) is 5.75 Å². The van der Waals surface area contributed by atoms with Gasteiger partial charge in [0.15, 0.2) is 0 Å². The first-order valence-corrected chi connectivity index (χ1v) is 7.45. The van der Waals surface area contributed by atoms with Crippen molar-refractivity contribution in [2.75, 3.05) is 19.1 Å². The van der Waals surface area contributed by atoms with E-state index in [4.69, 9.17) is 10.5 Å². The van der Waals surface area contributed by atoms with Gasteiger partial charge in [-0.25, -0.2) is 4.98 Å². The highest BCUT2D eigenvalue weighted by Gasteiger charge is 2.16. The molecule has 108 valence electrons. The Hall–Kier alpha value is -1.59.